The molecule has 1 unspecified atom stereocenters. The standard InChI is InChI=1S/C25H35N5O3/c1-28-22-14-18(17-10-12-29(13-11-17)15-16-2-5-19(26)6-3-16)4-7-20(22)30(25(28)33)21-8-9-23(31)27-24(21)32/h4,7,14,16-17,19,21H,2-3,5-6,8-13,15,26H2,1H3,(H,27,31,32). The number of hydrogen-bond acceptors (Lipinski definition) is 5. The quantitative estimate of drug-likeness (QED) is 0.690. The average molecular weight is 454 g/mol. The second-order valence-electron chi connectivity index (χ2n) is 10.3. The molecule has 8 nitrogen and oxygen atoms in total. The summed E-state index contributed by atoms with van der Waals surface area (Å²) in [5, 5.41) is 2.37. The van der Waals surface area contributed by atoms with Crippen LogP contribution in [0.15, 0.2) is 23.0 Å². The second-order valence-corrected chi connectivity index (χ2v) is 10.3. The Bertz CT molecular complexity index is 1100. The molecule has 2 aromatic rings. The third-order valence-electron chi connectivity index (χ3n) is 8.10. The molecule has 2 saturated heterocycles. The molecule has 3 N–H and O–H groups in total. The second kappa shape index (κ2) is 9.06. The Hall–Kier alpha value is -2.45. The number of nitrogens with zero attached hydrogens (tertiary/aromatic N) is 3. The molecule has 33 heavy (non-hydrogen) atoms. The number of nitrogens with one attached hydrogen (secondary N) is 1. The van der Waals surface area contributed by atoms with E-state index in [1.54, 1.807) is 16.2 Å². The summed E-state index contributed by atoms with van der Waals surface area (Å²) < 4.78 is 3.19. The summed E-state index contributed by atoms with van der Waals surface area (Å²) in [6.07, 6.45) is 7.71. The van der Waals surface area contributed by atoms with Gasteiger partial charge < -0.3 is 10.6 Å². The lowest BCUT2D eigenvalue weighted by Crippen LogP contribution is -2.44. The maximum absolute atomic E-state index is 13.0. The van der Waals surface area contributed by atoms with Gasteiger partial charge in [-0.3, -0.25) is 24.0 Å². The molecule has 0 radical (unpaired) electrons. The van der Waals surface area contributed by atoms with Crippen LogP contribution in [-0.4, -0.2) is 51.5 Å². The summed E-state index contributed by atoms with van der Waals surface area (Å²) >= 11 is 0. The highest BCUT2D eigenvalue weighted by Gasteiger charge is 2.32. The third kappa shape index (κ3) is 4.38. The number of imide groups is 1. The molecule has 5 rings (SSSR count). The molecule has 0 spiro atoms. The first-order valence-corrected chi connectivity index (χ1v) is 12.4. The number of likely N-dealkylation sites (tertiary alicyclic amines) is 1. The van der Waals surface area contributed by atoms with E-state index in [9.17, 15) is 14.4 Å². The molecule has 3 fully saturated rings. The lowest BCUT2D eigenvalue weighted by atomic mass is 9.84. The summed E-state index contributed by atoms with van der Waals surface area (Å²) in [4.78, 5) is 39.6. The summed E-state index contributed by atoms with van der Waals surface area (Å²) in [6.45, 7) is 3.42. The fraction of sp³-hybridized carbons (Fsp3) is 0.640. The van der Waals surface area contributed by atoms with Crippen molar-refractivity contribution in [2.75, 3.05) is 19.6 Å². The van der Waals surface area contributed by atoms with Crippen LogP contribution in [-0.2, 0) is 16.6 Å². The van der Waals surface area contributed by atoms with Crippen LogP contribution >= 0.6 is 0 Å². The fourth-order valence-electron chi connectivity index (χ4n) is 6.05. The van der Waals surface area contributed by atoms with E-state index in [-0.39, 0.29) is 18.0 Å². The molecule has 3 aliphatic rings. The Morgan fingerprint density at radius 3 is 2.39 bits per heavy atom. The van der Waals surface area contributed by atoms with E-state index in [4.69, 9.17) is 5.73 Å². The SMILES string of the molecule is Cn1c(=O)n(C2CCC(=O)NC2=O)c2ccc(C3CCN(CC4CCC(N)CC4)CC3)cc21. The number of imidazole rings is 1. The highest BCUT2D eigenvalue weighted by atomic mass is 16.2. The van der Waals surface area contributed by atoms with Gasteiger partial charge in [0.15, 0.2) is 0 Å². The Kier molecular flexibility index (Phi) is 6.14. The minimum atomic E-state index is -0.637. The van der Waals surface area contributed by atoms with Gasteiger partial charge in [-0.2, -0.15) is 0 Å². The molecular formula is C25H35N5O3. The predicted molar refractivity (Wildman–Crippen MR) is 127 cm³/mol. The summed E-state index contributed by atoms with van der Waals surface area (Å²) in [6, 6.07) is 5.99. The molecule has 1 aromatic carbocycles. The Labute approximate surface area is 194 Å². The fourth-order valence-corrected chi connectivity index (χ4v) is 6.05. The van der Waals surface area contributed by atoms with E-state index in [1.165, 1.54) is 37.8 Å². The Morgan fingerprint density at radius 2 is 1.70 bits per heavy atom. The highest BCUT2D eigenvalue weighted by Crippen LogP contribution is 2.32. The lowest BCUT2D eigenvalue weighted by Gasteiger charge is -2.36. The number of aromatic nitrogens is 2. The first kappa shape index (κ1) is 22.3. The van der Waals surface area contributed by atoms with Gasteiger partial charge in [0.25, 0.3) is 0 Å². The number of carbonyl (C=O) groups is 2. The van der Waals surface area contributed by atoms with Crippen LogP contribution in [0.2, 0.25) is 0 Å². The maximum Gasteiger partial charge on any atom is 0.329 e. The van der Waals surface area contributed by atoms with Crippen molar-refractivity contribution < 1.29 is 9.59 Å². The monoisotopic (exact) mass is 453 g/mol. The number of nitrogens with two attached hydrogens (primary N) is 1. The number of rotatable bonds is 4. The number of carbonyl (C=O) groups excluding carboxylic acids is 2. The summed E-state index contributed by atoms with van der Waals surface area (Å²) in [5.74, 6) is 0.612. The molecule has 2 aliphatic heterocycles. The minimum Gasteiger partial charge on any atom is -0.328 e. The normalized spacial score (nSPS) is 27.8. The van der Waals surface area contributed by atoms with Crippen molar-refractivity contribution in [3.8, 4) is 0 Å². The number of hydrogen-bond donors (Lipinski definition) is 2. The van der Waals surface area contributed by atoms with Gasteiger partial charge in [-0.25, -0.2) is 4.79 Å². The van der Waals surface area contributed by atoms with Crippen LogP contribution < -0.4 is 16.7 Å². The van der Waals surface area contributed by atoms with Crippen LogP contribution in [0.5, 0.6) is 0 Å². The average Bonchev–Trinajstić information content (AvgIpc) is 3.06. The zero-order valence-corrected chi connectivity index (χ0v) is 19.5. The number of benzene rings is 1. The number of aryl methyl sites for hydroxylation is 1. The molecule has 1 aromatic heterocycles. The Balaban J connectivity index is 1.29. The van der Waals surface area contributed by atoms with E-state index < -0.39 is 11.9 Å². The molecule has 1 aliphatic carbocycles. The topological polar surface area (TPSA) is 102 Å². The smallest absolute Gasteiger partial charge is 0.328 e. The largest absolute Gasteiger partial charge is 0.329 e. The minimum absolute atomic E-state index is 0.210. The number of fused-ring (bicyclic) bond motifs is 1. The molecule has 1 saturated carbocycles. The van der Waals surface area contributed by atoms with Crippen molar-refractivity contribution in [2.45, 2.75) is 69.4 Å². The number of piperidine rings is 2. The van der Waals surface area contributed by atoms with Gasteiger partial charge in [0.2, 0.25) is 11.8 Å². The molecule has 178 valence electrons. The van der Waals surface area contributed by atoms with Gasteiger partial charge in [-0.15, -0.1) is 0 Å². The first-order chi connectivity index (χ1) is 15.9. The summed E-state index contributed by atoms with van der Waals surface area (Å²) in [7, 11) is 1.76. The lowest BCUT2D eigenvalue weighted by molar-refractivity contribution is -0.135. The molecule has 3 heterocycles. The maximum atomic E-state index is 13.0. The van der Waals surface area contributed by atoms with Gasteiger partial charge >= 0.3 is 5.69 Å². The van der Waals surface area contributed by atoms with Crippen LogP contribution in [0.25, 0.3) is 11.0 Å². The third-order valence-corrected chi connectivity index (χ3v) is 8.10. The summed E-state index contributed by atoms with van der Waals surface area (Å²) in [5.41, 5.74) is 8.72. The van der Waals surface area contributed by atoms with Gasteiger partial charge in [0.1, 0.15) is 6.04 Å². The van der Waals surface area contributed by atoms with E-state index in [0.717, 1.165) is 42.9 Å². The van der Waals surface area contributed by atoms with Crippen molar-refractivity contribution in [1.82, 2.24) is 19.4 Å². The molecular weight excluding hydrogens is 418 g/mol. The first-order valence-electron chi connectivity index (χ1n) is 12.4. The van der Waals surface area contributed by atoms with Gasteiger partial charge in [0.05, 0.1) is 11.0 Å². The van der Waals surface area contributed by atoms with E-state index in [0.29, 0.717) is 18.4 Å². The van der Waals surface area contributed by atoms with Crippen molar-refractivity contribution in [3.63, 3.8) is 0 Å². The van der Waals surface area contributed by atoms with E-state index in [2.05, 4.69) is 22.3 Å². The van der Waals surface area contributed by atoms with Crippen LogP contribution in [0, 0.1) is 5.92 Å². The van der Waals surface area contributed by atoms with E-state index in [1.807, 2.05) is 6.07 Å². The molecule has 1 atom stereocenters. The Morgan fingerprint density at radius 1 is 0.970 bits per heavy atom. The van der Waals surface area contributed by atoms with Crippen molar-refractivity contribution in [2.24, 2.45) is 18.7 Å². The zero-order chi connectivity index (χ0) is 23.1. The highest BCUT2D eigenvalue weighted by molar-refractivity contribution is 6.00. The van der Waals surface area contributed by atoms with Crippen LogP contribution in [0.4, 0.5) is 0 Å². The molecule has 0 bridgehead atoms. The van der Waals surface area contributed by atoms with Crippen LogP contribution in [0.3, 0.4) is 0 Å². The van der Waals surface area contributed by atoms with Gasteiger partial charge in [-0.1, -0.05) is 6.07 Å². The van der Waals surface area contributed by atoms with E-state index >= 15 is 0 Å². The number of amides is 2. The molecule has 2 amide bonds. The zero-order valence-electron chi connectivity index (χ0n) is 19.5. The van der Waals surface area contributed by atoms with Crippen molar-refractivity contribution in [3.05, 3.63) is 34.2 Å². The molecule has 8 heteroatoms. The predicted octanol–water partition coefficient (Wildman–Crippen LogP) is 2.01. The van der Waals surface area contributed by atoms with Crippen molar-refractivity contribution >= 4 is 22.8 Å². The van der Waals surface area contributed by atoms with Gasteiger partial charge in [-0.05, 0) is 87.6 Å². The van der Waals surface area contributed by atoms with Crippen molar-refractivity contribution in [1.29, 1.82) is 0 Å². The van der Waals surface area contributed by atoms with Gasteiger partial charge in [0, 0.05) is 26.1 Å². The van der Waals surface area contributed by atoms with Crippen LogP contribution in [0.1, 0.15) is 68.9 Å².